The van der Waals surface area contributed by atoms with E-state index >= 15 is 0 Å². The minimum atomic E-state index is -4.91. The van der Waals surface area contributed by atoms with E-state index in [0.717, 1.165) is 11.1 Å². The topological polar surface area (TPSA) is 38.3 Å². The zero-order chi connectivity index (χ0) is 13.2. The molecule has 0 spiro atoms. The Morgan fingerprint density at radius 1 is 1.24 bits per heavy atom. The van der Waals surface area contributed by atoms with E-state index in [1.165, 1.54) is 13.2 Å². The van der Waals surface area contributed by atoms with Gasteiger partial charge < -0.3 is 10.1 Å². The number of benzene rings is 1. The Morgan fingerprint density at radius 3 is 2.24 bits per heavy atom. The highest BCUT2D eigenvalue weighted by Crippen LogP contribution is 2.29. The van der Waals surface area contributed by atoms with Crippen LogP contribution in [0, 0.1) is 13.8 Å². The van der Waals surface area contributed by atoms with Crippen molar-refractivity contribution in [2.45, 2.75) is 20.0 Å². The molecular weight excluding hydrogens is 235 g/mol. The van der Waals surface area contributed by atoms with Crippen LogP contribution >= 0.6 is 0 Å². The van der Waals surface area contributed by atoms with Crippen LogP contribution in [0.4, 0.5) is 18.9 Å². The maximum Gasteiger partial charge on any atom is 0.471 e. The van der Waals surface area contributed by atoms with E-state index in [4.69, 9.17) is 4.74 Å². The van der Waals surface area contributed by atoms with Gasteiger partial charge in [0.25, 0.3) is 0 Å². The Labute approximate surface area is 96.6 Å². The molecule has 1 amide bonds. The van der Waals surface area contributed by atoms with Gasteiger partial charge in [-0.3, -0.25) is 4.79 Å². The zero-order valence-corrected chi connectivity index (χ0v) is 9.61. The van der Waals surface area contributed by atoms with Gasteiger partial charge in [-0.15, -0.1) is 0 Å². The molecule has 1 rings (SSSR count). The summed E-state index contributed by atoms with van der Waals surface area (Å²) in [6.07, 6.45) is -4.91. The highest BCUT2D eigenvalue weighted by Gasteiger charge is 2.39. The van der Waals surface area contributed by atoms with E-state index in [-0.39, 0.29) is 11.4 Å². The summed E-state index contributed by atoms with van der Waals surface area (Å²) in [7, 11) is 1.33. The number of alkyl halides is 3. The van der Waals surface area contributed by atoms with E-state index in [1.807, 2.05) is 0 Å². The second-order valence-corrected chi connectivity index (χ2v) is 3.59. The third kappa shape index (κ3) is 3.12. The van der Waals surface area contributed by atoms with Crippen LogP contribution in [0.25, 0.3) is 0 Å². The summed E-state index contributed by atoms with van der Waals surface area (Å²) in [4.78, 5) is 10.8. The average Bonchev–Trinajstić information content (AvgIpc) is 2.21. The lowest BCUT2D eigenvalue weighted by Crippen LogP contribution is -2.30. The number of amides is 1. The van der Waals surface area contributed by atoms with Crippen molar-refractivity contribution in [1.82, 2.24) is 0 Å². The highest BCUT2D eigenvalue weighted by molar-refractivity contribution is 5.96. The van der Waals surface area contributed by atoms with Crippen LogP contribution in [0.1, 0.15) is 11.1 Å². The minimum Gasteiger partial charge on any atom is -0.495 e. The maximum absolute atomic E-state index is 12.1. The van der Waals surface area contributed by atoms with Crippen LogP contribution < -0.4 is 10.1 Å². The third-order valence-electron chi connectivity index (χ3n) is 2.32. The van der Waals surface area contributed by atoms with Gasteiger partial charge >= 0.3 is 12.1 Å². The fraction of sp³-hybridized carbons (Fsp3) is 0.364. The first-order chi connectivity index (χ1) is 7.75. The molecule has 0 radical (unpaired) electrons. The van der Waals surface area contributed by atoms with Crippen LogP contribution in [0.5, 0.6) is 5.75 Å². The fourth-order valence-corrected chi connectivity index (χ4v) is 1.25. The molecule has 0 unspecified atom stereocenters. The lowest BCUT2D eigenvalue weighted by molar-refractivity contribution is -0.167. The van der Waals surface area contributed by atoms with Crippen LogP contribution in [-0.2, 0) is 4.79 Å². The number of carbonyl (C=O) groups excluding carboxylic acids is 1. The minimum absolute atomic E-state index is 0.0120. The Morgan fingerprint density at radius 2 is 1.76 bits per heavy atom. The van der Waals surface area contributed by atoms with Crippen LogP contribution in [-0.4, -0.2) is 19.2 Å². The van der Waals surface area contributed by atoms with Gasteiger partial charge in [0.05, 0.1) is 12.8 Å². The number of rotatable bonds is 2. The molecule has 0 aliphatic rings. The summed E-state index contributed by atoms with van der Waals surface area (Å²) < 4.78 is 41.2. The summed E-state index contributed by atoms with van der Waals surface area (Å²) in [5.41, 5.74) is 1.65. The van der Waals surface area contributed by atoms with E-state index < -0.39 is 12.1 Å². The van der Waals surface area contributed by atoms with Gasteiger partial charge in [0.2, 0.25) is 0 Å². The summed E-state index contributed by atoms with van der Waals surface area (Å²) in [5, 5.41) is 1.78. The molecule has 1 aromatic rings. The van der Waals surface area contributed by atoms with Gasteiger partial charge in [-0.25, -0.2) is 0 Å². The quantitative estimate of drug-likeness (QED) is 0.872. The van der Waals surface area contributed by atoms with E-state index in [1.54, 1.807) is 25.2 Å². The van der Waals surface area contributed by atoms with Crippen LogP contribution in [0.3, 0.4) is 0 Å². The fourth-order valence-electron chi connectivity index (χ4n) is 1.25. The molecule has 0 atom stereocenters. The molecule has 0 heterocycles. The SMILES string of the molecule is COc1cc(C)c(C)cc1NC(=O)C(F)(F)F. The first-order valence-corrected chi connectivity index (χ1v) is 4.79. The van der Waals surface area contributed by atoms with Gasteiger partial charge in [-0.2, -0.15) is 13.2 Å². The van der Waals surface area contributed by atoms with E-state index in [0.29, 0.717) is 0 Å². The zero-order valence-electron chi connectivity index (χ0n) is 9.61. The van der Waals surface area contributed by atoms with Crippen molar-refractivity contribution >= 4 is 11.6 Å². The highest BCUT2D eigenvalue weighted by atomic mass is 19.4. The van der Waals surface area contributed by atoms with E-state index in [2.05, 4.69) is 0 Å². The molecule has 0 bridgehead atoms. The standard InChI is InChI=1S/C11H12F3NO2/c1-6-4-8(9(17-3)5-7(6)2)15-10(16)11(12,13)14/h4-5H,1-3H3,(H,15,16). The van der Waals surface area contributed by atoms with Crippen LogP contribution in [0.2, 0.25) is 0 Å². The predicted octanol–water partition coefficient (Wildman–Crippen LogP) is 2.81. The number of anilines is 1. The molecule has 94 valence electrons. The van der Waals surface area contributed by atoms with Crippen molar-refractivity contribution in [3.8, 4) is 5.75 Å². The number of nitrogens with one attached hydrogen (secondary N) is 1. The number of hydrogen-bond donors (Lipinski definition) is 1. The summed E-state index contributed by atoms with van der Waals surface area (Å²) >= 11 is 0. The average molecular weight is 247 g/mol. The molecule has 0 saturated carbocycles. The number of carbonyl (C=O) groups is 1. The second-order valence-electron chi connectivity index (χ2n) is 3.59. The lowest BCUT2D eigenvalue weighted by atomic mass is 10.1. The van der Waals surface area contributed by atoms with Crippen LogP contribution in [0.15, 0.2) is 12.1 Å². The molecule has 17 heavy (non-hydrogen) atoms. The molecular formula is C11H12F3NO2. The number of halogens is 3. The first-order valence-electron chi connectivity index (χ1n) is 4.79. The Hall–Kier alpha value is -1.72. The van der Waals surface area contributed by atoms with Gasteiger partial charge in [-0.1, -0.05) is 0 Å². The largest absolute Gasteiger partial charge is 0.495 e. The summed E-state index contributed by atoms with van der Waals surface area (Å²) in [5.74, 6) is -1.82. The first kappa shape index (κ1) is 13.3. The van der Waals surface area contributed by atoms with Gasteiger partial charge in [0.15, 0.2) is 0 Å². The number of aryl methyl sites for hydroxylation is 2. The summed E-state index contributed by atoms with van der Waals surface area (Å²) in [6.45, 7) is 3.53. The van der Waals surface area contributed by atoms with Gasteiger partial charge in [0, 0.05) is 0 Å². The molecule has 0 aromatic heterocycles. The van der Waals surface area contributed by atoms with Crippen molar-refractivity contribution in [2.24, 2.45) is 0 Å². The second kappa shape index (κ2) is 4.65. The van der Waals surface area contributed by atoms with Gasteiger partial charge in [0.1, 0.15) is 5.75 Å². The predicted molar refractivity (Wildman–Crippen MR) is 57.2 cm³/mol. The number of methoxy groups -OCH3 is 1. The van der Waals surface area contributed by atoms with Crippen molar-refractivity contribution in [3.05, 3.63) is 23.3 Å². The van der Waals surface area contributed by atoms with Crippen molar-refractivity contribution in [2.75, 3.05) is 12.4 Å². The third-order valence-corrected chi connectivity index (χ3v) is 2.32. The number of ether oxygens (including phenoxy) is 1. The van der Waals surface area contributed by atoms with Gasteiger partial charge in [-0.05, 0) is 37.1 Å². The normalized spacial score (nSPS) is 11.2. The molecule has 6 heteroatoms. The molecule has 1 aromatic carbocycles. The molecule has 0 aliphatic carbocycles. The van der Waals surface area contributed by atoms with Crippen molar-refractivity contribution in [3.63, 3.8) is 0 Å². The maximum atomic E-state index is 12.1. The number of hydrogen-bond acceptors (Lipinski definition) is 2. The van der Waals surface area contributed by atoms with Crippen molar-refractivity contribution in [1.29, 1.82) is 0 Å². The monoisotopic (exact) mass is 247 g/mol. The lowest BCUT2D eigenvalue weighted by Gasteiger charge is -2.13. The molecule has 3 nitrogen and oxygen atoms in total. The van der Waals surface area contributed by atoms with Crippen molar-refractivity contribution < 1.29 is 22.7 Å². The van der Waals surface area contributed by atoms with E-state index in [9.17, 15) is 18.0 Å². The Kier molecular flexibility index (Phi) is 3.65. The molecule has 0 aliphatic heterocycles. The smallest absolute Gasteiger partial charge is 0.471 e. The Balaban J connectivity index is 3.06. The Bertz CT molecular complexity index is 441. The summed E-state index contributed by atoms with van der Waals surface area (Å²) in [6, 6.07) is 3.01. The molecule has 0 saturated heterocycles. The molecule has 1 N–H and O–H groups in total. The molecule has 0 fully saturated rings.